The first-order valence-corrected chi connectivity index (χ1v) is 6.09. The molecule has 1 heterocycles. The molecule has 7 heteroatoms. The zero-order valence-corrected chi connectivity index (χ0v) is 10.8. The number of carbonyl (C=O) groups is 2. The summed E-state index contributed by atoms with van der Waals surface area (Å²) >= 11 is 0. The minimum absolute atomic E-state index is 0.0933. The third-order valence-electron chi connectivity index (χ3n) is 3.40. The summed E-state index contributed by atoms with van der Waals surface area (Å²) in [5, 5.41) is 19.6. The molecule has 0 saturated heterocycles. The molecule has 1 aliphatic rings. The number of carboxylic acid groups (broad SMARTS) is 1. The highest BCUT2D eigenvalue weighted by atomic mass is 16.6. The number of nitro benzene ring substituents is 1. The molecule has 1 aliphatic heterocycles. The molecular formula is C13H13NO6. The number of hydrogen-bond donors (Lipinski definition) is 1. The highest BCUT2D eigenvalue weighted by molar-refractivity contribution is 6.01. The average molecular weight is 279 g/mol. The highest BCUT2D eigenvalue weighted by Gasteiger charge is 2.41. The lowest BCUT2D eigenvalue weighted by molar-refractivity contribution is -0.384. The van der Waals surface area contributed by atoms with E-state index >= 15 is 0 Å². The Labute approximate surface area is 114 Å². The molecule has 1 unspecified atom stereocenters. The van der Waals surface area contributed by atoms with E-state index in [0.717, 1.165) is 6.07 Å². The van der Waals surface area contributed by atoms with Gasteiger partial charge in [-0.1, -0.05) is 6.92 Å². The van der Waals surface area contributed by atoms with E-state index in [1.54, 1.807) is 6.92 Å². The lowest BCUT2D eigenvalue weighted by Crippen LogP contribution is -2.43. The fourth-order valence-electron chi connectivity index (χ4n) is 2.29. The van der Waals surface area contributed by atoms with Crippen molar-refractivity contribution >= 4 is 17.4 Å². The number of benzene rings is 1. The van der Waals surface area contributed by atoms with Gasteiger partial charge in [-0.15, -0.1) is 0 Å². The van der Waals surface area contributed by atoms with Crippen molar-refractivity contribution in [2.45, 2.75) is 31.8 Å². The van der Waals surface area contributed by atoms with Crippen LogP contribution >= 0.6 is 0 Å². The monoisotopic (exact) mass is 279 g/mol. The molecule has 0 aromatic heterocycles. The summed E-state index contributed by atoms with van der Waals surface area (Å²) in [4.78, 5) is 33.1. The molecule has 0 fully saturated rings. The number of nitro groups is 1. The van der Waals surface area contributed by atoms with E-state index in [0.29, 0.717) is 6.42 Å². The first-order chi connectivity index (χ1) is 9.37. The van der Waals surface area contributed by atoms with Crippen molar-refractivity contribution in [3.05, 3.63) is 33.9 Å². The zero-order valence-electron chi connectivity index (χ0n) is 10.8. The molecule has 1 N–H and O–H groups in total. The van der Waals surface area contributed by atoms with Crippen molar-refractivity contribution in [1.82, 2.24) is 0 Å². The van der Waals surface area contributed by atoms with E-state index in [4.69, 9.17) is 9.84 Å². The SMILES string of the molecule is CCC1(CC(=O)O)CC(=O)c2cc([N+](=O)[O-])ccc2O1. The lowest BCUT2D eigenvalue weighted by atomic mass is 9.85. The maximum Gasteiger partial charge on any atom is 0.307 e. The van der Waals surface area contributed by atoms with Crippen molar-refractivity contribution in [3.8, 4) is 5.75 Å². The highest BCUT2D eigenvalue weighted by Crippen LogP contribution is 2.38. The van der Waals surface area contributed by atoms with Gasteiger partial charge < -0.3 is 9.84 Å². The standard InChI is InChI=1S/C13H13NO6/c1-2-13(7-12(16)17)6-10(15)9-5-8(14(18)19)3-4-11(9)20-13/h3-5H,2,6-7H2,1H3,(H,16,17). The lowest BCUT2D eigenvalue weighted by Gasteiger charge is -2.36. The Balaban J connectivity index is 2.41. The van der Waals surface area contributed by atoms with Crippen LogP contribution in [0.1, 0.15) is 36.5 Å². The van der Waals surface area contributed by atoms with Crippen LogP contribution in [0.2, 0.25) is 0 Å². The number of nitrogens with zero attached hydrogens (tertiary/aromatic N) is 1. The molecule has 0 radical (unpaired) electrons. The number of hydrogen-bond acceptors (Lipinski definition) is 5. The molecule has 106 valence electrons. The number of carboxylic acids is 1. The maximum absolute atomic E-state index is 12.1. The number of ether oxygens (including phenoxy) is 1. The number of non-ortho nitro benzene ring substituents is 1. The molecule has 0 saturated carbocycles. The summed E-state index contributed by atoms with van der Waals surface area (Å²) in [6.45, 7) is 1.74. The topological polar surface area (TPSA) is 107 Å². The fourth-order valence-corrected chi connectivity index (χ4v) is 2.29. The number of fused-ring (bicyclic) bond motifs is 1. The number of ketones is 1. The quantitative estimate of drug-likeness (QED) is 0.668. The Hall–Kier alpha value is -2.44. The van der Waals surface area contributed by atoms with Gasteiger partial charge in [-0.05, 0) is 12.5 Å². The molecular weight excluding hydrogens is 266 g/mol. The second-order valence-corrected chi connectivity index (χ2v) is 4.75. The Bertz CT molecular complexity index is 597. The normalized spacial score (nSPS) is 20.9. The molecule has 1 aromatic rings. The second-order valence-electron chi connectivity index (χ2n) is 4.75. The number of carbonyl (C=O) groups excluding carboxylic acids is 1. The fraction of sp³-hybridized carbons (Fsp3) is 0.385. The molecule has 0 spiro atoms. The molecule has 0 amide bonds. The van der Waals surface area contributed by atoms with E-state index < -0.39 is 16.5 Å². The van der Waals surface area contributed by atoms with Crippen LogP contribution in [0, 0.1) is 10.1 Å². The third-order valence-corrected chi connectivity index (χ3v) is 3.40. The van der Waals surface area contributed by atoms with E-state index in [2.05, 4.69) is 0 Å². The van der Waals surface area contributed by atoms with Crippen LogP contribution in [-0.4, -0.2) is 27.4 Å². The van der Waals surface area contributed by atoms with Gasteiger partial charge in [0, 0.05) is 12.1 Å². The van der Waals surface area contributed by atoms with E-state index in [-0.39, 0.29) is 35.6 Å². The smallest absolute Gasteiger partial charge is 0.307 e. The molecule has 0 aliphatic carbocycles. The molecule has 20 heavy (non-hydrogen) atoms. The summed E-state index contributed by atoms with van der Waals surface area (Å²) in [5.41, 5.74) is -1.14. The van der Waals surface area contributed by atoms with Crippen LogP contribution in [0.5, 0.6) is 5.75 Å². The van der Waals surface area contributed by atoms with Gasteiger partial charge in [-0.3, -0.25) is 19.7 Å². The van der Waals surface area contributed by atoms with Crippen LogP contribution in [0.3, 0.4) is 0 Å². The summed E-state index contributed by atoms with van der Waals surface area (Å²) in [5.74, 6) is -1.18. The largest absolute Gasteiger partial charge is 0.485 e. The molecule has 0 bridgehead atoms. The Morgan fingerprint density at radius 2 is 2.25 bits per heavy atom. The molecule has 1 atom stereocenters. The van der Waals surface area contributed by atoms with Crippen molar-refractivity contribution in [3.63, 3.8) is 0 Å². The van der Waals surface area contributed by atoms with Crippen molar-refractivity contribution in [2.75, 3.05) is 0 Å². The Kier molecular flexibility index (Phi) is 3.44. The van der Waals surface area contributed by atoms with Gasteiger partial charge in [0.1, 0.15) is 11.4 Å². The Morgan fingerprint density at radius 3 is 2.80 bits per heavy atom. The molecule has 2 rings (SSSR count). The minimum Gasteiger partial charge on any atom is -0.485 e. The van der Waals surface area contributed by atoms with Gasteiger partial charge >= 0.3 is 5.97 Å². The first-order valence-electron chi connectivity index (χ1n) is 6.09. The summed E-state index contributed by atoms with van der Waals surface area (Å²) in [6.07, 6.45) is -0.0168. The van der Waals surface area contributed by atoms with Gasteiger partial charge in [0.05, 0.1) is 23.3 Å². The van der Waals surface area contributed by atoms with Crippen LogP contribution in [-0.2, 0) is 4.79 Å². The minimum atomic E-state index is -1.08. The van der Waals surface area contributed by atoms with Crippen LogP contribution < -0.4 is 4.74 Å². The third kappa shape index (κ3) is 2.47. The van der Waals surface area contributed by atoms with E-state index in [9.17, 15) is 19.7 Å². The van der Waals surface area contributed by atoms with E-state index in [1.165, 1.54) is 12.1 Å². The number of Topliss-reactive ketones (excluding diaryl/α,β-unsaturated/α-hetero) is 1. The van der Waals surface area contributed by atoms with Gasteiger partial charge in [-0.25, -0.2) is 0 Å². The van der Waals surface area contributed by atoms with Gasteiger partial charge in [0.25, 0.3) is 5.69 Å². The van der Waals surface area contributed by atoms with Crippen LogP contribution in [0.4, 0.5) is 5.69 Å². The van der Waals surface area contributed by atoms with Gasteiger partial charge in [0.2, 0.25) is 0 Å². The van der Waals surface area contributed by atoms with Crippen LogP contribution in [0.15, 0.2) is 18.2 Å². The molecule has 1 aromatic carbocycles. The van der Waals surface area contributed by atoms with Gasteiger partial charge in [0.15, 0.2) is 5.78 Å². The molecule has 7 nitrogen and oxygen atoms in total. The zero-order chi connectivity index (χ0) is 14.9. The predicted molar refractivity (Wildman–Crippen MR) is 67.9 cm³/mol. The average Bonchev–Trinajstić information content (AvgIpc) is 2.37. The van der Waals surface area contributed by atoms with Crippen molar-refractivity contribution in [2.24, 2.45) is 0 Å². The Morgan fingerprint density at radius 1 is 1.55 bits per heavy atom. The summed E-state index contributed by atoms with van der Waals surface area (Å²) in [7, 11) is 0. The van der Waals surface area contributed by atoms with Crippen molar-refractivity contribution < 1.29 is 24.4 Å². The summed E-state index contributed by atoms with van der Waals surface area (Å²) in [6, 6.07) is 3.74. The second kappa shape index (κ2) is 4.92. The van der Waals surface area contributed by atoms with E-state index in [1.807, 2.05) is 0 Å². The first kappa shape index (κ1) is 14.0. The summed E-state index contributed by atoms with van der Waals surface area (Å²) < 4.78 is 5.66. The predicted octanol–water partition coefficient (Wildman–Crippen LogP) is 2.18. The van der Waals surface area contributed by atoms with Crippen LogP contribution in [0.25, 0.3) is 0 Å². The van der Waals surface area contributed by atoms with Gasteiger partial charge in [-0.2, -0.15) is 0 Å². The number of aliphatic carboxylic acids is 1. The van der Waals surface area contributed by atoms with Crippen molar-refractivity contribution in [1.29, 1.82) is 0 Å². The number of rotatable bonds is 4. The maximum atomic E-state index is 12.1.